The van der Waals surface area contributed by atoms with Gasteiger partial charge in [0.05, 0.1) is 12.8 Å². The van der Waals surface area contributed by atoms with Crippen LogP contribution in [0.3, 0.4) is 0 Å². The predicted octanol–water partition coefficient (Wildman–Crippen LogP) is 2.27. The number of ether oxygens (including phenoxy) is 1. The van der Waals surface area contributed by atoms with E-state index in [1.54, 1.807) is 7.11 Å². The predicted molar refractivity (Wildman–Crippen MR) is 81.5 cm³/mol. The van der Waals surface area contributed by atoms with Gasteiger partial charge in [-0.2, -0.15) is 0 Å². The van der Waals surface area contributed by atoms with Crippen molar-refractivity contribution in [3.63, 3.8) is 0 Å². The van der Waals surface area contributed by atoms with Crippen molar-refractivity contribution in [3.05, 3.63) is 54.1 Å². The summed E-state index contributed by atoms with van der Waals surface area (Å²) in [5.74, 6) is 2.88. The van der Waals surface area contributed by atoms with Crippen LogP contribution in [0.5, 0.6) is 5.75 Å². The lowest BCUT2D eigenvalue weighted by Gasteiger charge is -2.11. The second kappa shape index (κ2) is 8.57. The minimum Gasteiger partial charge on any atom is -0.495 e. The lowest BCUT2D eigenvalue weighted by molar-refractivity contribution is -0.670. The second-order valence-electron chi connectivity index (χ2n) is 4.15. The highest BCUT2D eigenvalue weighted by Gasteiger charge is 2.07. The smallest absolute Gasteiger partial charge is 0.323 e. The molecule has 0 aliphatic carbocycles. The highest BCUT2D eigenvalue weighted by Crippen LogP contribution is 2.25. The van der Waals surface area contributed by atoms with Gasteiger partial charge >= 0.3 is 6.03 Å². The molecule has 6 heteroatoms. The lowest BCUT2D eigenvalue weighted by atomic mass is 10.2. The van der Waals surface area contributed by atoms with Gasteiger partial charge in [-0.1, -0.05) is 24.3 Å². The molecule has 2 aromatic carbocycles. The summed E-state index contributed by atoms with van der Waals surface area (Å²) in [5, 5.41) is 12.3. The first-order chi connectivity index (χ1) is 10.2. The lowest BCUT2D eigenvalue weighted by Crippen LogP contribution is -2.42. The summed E-state index contributed by atoms with van der Waals surface area (Å²) < 4.78 is 5.21. The molecule has 0 saturated carbocycles. The third-order valence-corrected chi connectivity index (χ3v) is 2.63. The number of carbonyl (C=O) groups is 1. The van der Waals surface area contributed by atoms with Crippen LogP contribution in [0.4, 0.5) is 16.2 Å². The van der Waals surface area contributed by atoms with Gasteiger partial charge < -0.3 is 15.4 Å². The van der Waals surface area contributed by atoms with E-state index >= 15 is 0 Å². The number of rotatable bonds is 3. The molecule has 2 amide bonds. The number of urea groups is 1. The quantitative estimate of drug-likeness (QED) is 0.653. The van der Waals surface area contributed by atoms with Crippen molar-refractivity contribution in [2.45, 2.75) is 6.92 Å². The van der Waals surface area contributed by atoms with Crippen molar-refractivity contribution in [1.82, 2.24) is 0 Å². The molecule has 0 fully saturated rings. The maximum atomic E-state index is 11.9. The van der Waals surface area contributed by atoms with Gasteiger partial charge in [0.2, 0.25) is 0 Å². The summed E-state index contributed by atoms with van der Waals surface area (Å²) in [5.41, 5.74) is 2.44. The topological polar surface area (TPSA) is 98.2 Å². The van der Waals surface area contributed by atoms with E-state index in [0.29, 0.717) is 11.4 Å². The summed E-state index contributed by atoms with van der Waals surface area (Å²) >= 11 is 0. The zero-order chi connectivity index (χ0) is 15.7. The van der Waals surface area contributed by atoms with E-state index < -0.39 is 0 Å². The molecule has 0 bridgehead atoms. The number of aryl methyl sites for hydroxylation is 1. The molecular formula is C15H20N3O3+. The number of amides is 2. The number of anilines is 2. The van der Waals surface area contributed by atoms with Crippen LogP contribution in [0, 0.1) is 6.92 Å². The Morgan fingerprint density at radius 1 is 1.10 bits per heavy atom. The van der Waals surface area contributed by atoms with E-state index in [0.717, 1.165) is 11.3 Å². The Labute approximate surface area is 123 Å². The number of carbonyl (C=O) groups excluding carboxylic acids is 1. The van der Waals surface area contributed by atoms with Crippen LogP contribution in [-0.2, 0) is 0 Å². The van der Waals surface area contributed by atoms with E-state index in [1.807, 2.05) is 55.5 Å². The molecule has 0 aliphatic heterocycles. The molecule has 6 N–H and O–H groups in total. The van der Waals surface area contributed by atoms with Crippen LogP contribution in [-0.4, -0.2) is 18.3 Å². The normalized spacial score (nSPS) is 9.14. The largest absolute Gasteiger partial charge is 0.495 e. The molecule has 6 nitrogen and oxygen atoms in total. The first-order valence-electron chi connectivity index (χ1n) is 6.28. The molecular weight excluding hydrogens is 270 g/mol. The Morgan fingerprint density at radius 2 is 1.76 bits per heavy atom. The van der Waals surface area contributed by atoms with Crippen molar-refractivity contribution in [2.24, 2.45) is 0 Å². The number of benzene rings is 2. The molecule has 0 heterocycles. The standard InChI is InChI=1S/C15H16N2O2.H4NO/c1-11-8-9-14(19-2)13(10-11)17-15(18)16-12-6-4-3-5-7-12;1-2/h3-10H,1-2H3,(H2,16,17,18);2H,1H3/q;+1. The number of hydrogen-bond acceptors (Lipinski definition) is 3. The minimum absolute atomic E-state index is 0.296. The van der Waals surface area contributed by atoms with Crippen LogP contribution >= 0.6 is 0 Å². The molecule has 0 aromatic heterocycles. The van der Waals surface area contributed by atoms with Crippen LogP contribution in [0.15, 0.2) is 48.5 Å². The van der Waals surface area contributed by atoms with Crippen LogP contribution in [0.1, 0.15) is 5.56 Å². The third kappa shape index (κ3) is 5.13. The van der Waals surface area contributed by atoms with Gasteiger partial charge in [-0.3, -0.25) is 0 Å². The van der Waals surface area contributed by atoms with E-state index in [1.165, 1.54) is 0 Å². The molecule has 2 aromatic rings. The summed E-state index contributed by atoms with van der Waals surface area (Å²) in [6.45, 7) is 1.96. The number of methoxy groups -OCH3 is 1. The number of para-hydroxylation sites is 1. The Balaban J connectivity index is 0.00000106. The maximum absolute atomic E-state index is 11.9. The Hall–Kier alpha value is -2.57. The summed E-state index contributed by atoms with van der Waals surface area (Å²) in [4.78, 5) is 11.9. The molecule has 0 unspecified atom stereocenters. The fourth-order valence-corrected chi connectivity index (χ4v) is 1.73. The second-order valence-corrected chi connectivity index (χ2v) is 4.15. The van der Waals surface area contributed by atoms with E-state index in [4.69, 9.17) is 9.94 Å². The molecule has 0 atom stereocenters. The molecule has 2 rings (SSSR count). The van der Waals surface area contributed by atoms with Crippen molar-refractivity contribution in [2.75, 3.05) is 17.7 Å². The monoisotopic (exact) mass is 290 g/mol. The SMILES string of the molecule is COc1ccc(C)cc1NC(=O)Nc1ccccc1.[NH3+]O. The highest BCUT2D eigenvalue weighted by molar-refractivity contribution is 6.00. The van der Waals surface area contributed by atoms with Gasteiger partial charge in [-0.15, -0.1) is 0 Å². The first-order valence-corrected chi connectivity index (χ1v) is 6.28. The van der Waals surface area contributed by atoms with Crippen molar-refractivity contribution < 1.29 is 20.6 Å². The molecule has 0 saturated heterocycles. The average molecular weight is 290 g/mol. The van der Waals surface area contributed by atoms with E-state index in [9.17, 15) is 4.79 Å². The summed E-state index contributed by atoms with van der Waals surface area (Å²) in [6.07, 6.45) is 0. The van der Waals surface area contributed by atoms with Crippen LogP contribution in [0.25, 0.3) is 0 Å². The van der Waals surface area contributed by atoms with Crippen molar-refractivity contribution in [1.29, 1.82) is 0 Å². The van der Waals surface area contributed by atoms with Gasteiger partial charge in [-0.05, 0) is 36.8 Å². The molecule has 21 heavy (non-hydrogen) atoms. The Morgan fingerprint density at radius 3 is 2.38 bits per heavy atom. The van der Waals surface area contributed by atoms with E-state index in [2.05, 4.69) is 16.5 Å². The number of nitrogens with one attached hydrogen (secondary N) is 2. The van der Waals surface area contributed by atoms with Crippen molar-refractivity contribution >= 4 is 17.4 Å². The fraction of sp³-hybridized carbons (Fsp3) is 0.133. The van der Waals surface area contributed by atoms with Gasteiger partial charge in [0.25, 0.3) is 0 Å². The van der Waals surface area contributed by atoms with E-state index in [-0.39, 0.29) is 6.03 Å². The summed E-state index contributed by atoms with van der Waals surface area (Å²) in [6, 6.07) is 14.6. The highest BCUT2D eigenvalue weighted by atomic mass is 16.5. The molecule has 0 spiro atoms. The first kappa shape index (κ1) is 16.5. The van der Waals surface area contributed by atoms with Crippen molar-refractivity contribution in [3.8, 4) is 5.75 Å². The fourth-order valence-electron chi connectivity index (χ4n) is 1.73. The average Bonchev–Trinajstić information content (AvgIpc) is 2.50. The molecule has 112 valence electrons. The van der Waals surface area contributed by atoms with Gasteiger partial charge in [0, 0.05) is 5.69 Å². The Bertz CT molecular complexity index is 574. The molecule has 0 aliphatic rings. The zero-order valence-corrected chi connectivity index (χ0v) is 12.1. The van der Waals surface area contributed by atoms with Crippen LogP contribution < -0.4 is 21.3 Å². The Kier molecular flexibility index (Phi) is 6.73. The molecule has 0 radical (unpaired) electrons. The van der Waals surface area contributed by atoms with Crippen LogP contribution in [0.2, 0.25) is 0 Å². The third-order valence-electron chi connectivity index (χ3n) is 2.63. The van der Waals surface area contributed by atoms with Gasteiger partial charge in [-0.25, -0.2) is 15.9 Å². The number of quaternary nitrogens is 1. The number of hydrogen-bond donors (Lipinski definition) is 4. The van der Waals surface area contributed by atoms with Gasteiger partial charge in [0.15, 0.2) is 0 Å². The maximum Gasteiger partial charge on any atom is 0.323 e. The minimum atomic E-state index is -0.296. The van der Waals surface area contributed by atoms with Gasteiger partial charge in [0.1, 0.15) is 5.75 Å². The summed E-state index contributed by atoms with van der Waals surface area (Å²) in [7, 11) is 1.57. The zero-order valence-electron chi connectivity index (χ0n) is 12.1.